The molecule has 2 aliphatic heterocycles. The first kappa shape index (κ1) is 20.8. The lowest BCUT2D eigenvalue weighted by molar-refractivity contribution is -0.138. The number of carbonyl (C=O) groups excluding carboxylic acids is 3. The highest BCUT2D eigenvalue weighted by Gasteiger charge is 2.48. The molecule has 3 unspecified atom stereocenters. The number of Topliss-reactive ketones (excluding diaryl/α,β-unsaturated/α-hetero) is 1. The molecule has 2 aromatic rings. The van der Waals surface area contributed by atoms with Gasteiger partial charge in [0.05, 0.1) is 6.10 Å². The van der Waals surface area contributed by atoms with E-state index < -0.39 is 12.1 Å². The first-order valence-electron chi connectivity index (χ1n) is 10.2. The van der Waals surface area contributed by atoms with E-state index in [0.29, 0.717) is 18.5 Å². The standard InChI is InChI=1S/C24H24N2O5/c1-2-15-3-7-17(8-4-15)23(29)25-19(13-16-5-9-18(27)10-6-16)24(30)26-12-11-21-22(26)20(28)14-31-21/h2-10,19,21-22,27H,1,11-14H2,(H,25,29). The van der Waals surface area contributed by atoms with Gasteiger partial charge in [-0.3, -0.25) is 14.4 Å². The number of likely N-dealkylation sites (tertiary alicyclic amines) is 1. The van der Waals surface area contributed by atoms with Crippen LogP contribution >= 0.6 is 0 Å². The summed E-state index contributed by atoms with van der Waals surface area (Å²) in [6.45, 7) is 4.13. The predicted octanol–water partition coefficient (Wildman–Crippen LogP) is 1.95. The number of amides is 2. The minimum atomic E-state index is -0.858. The number of nitrogens with one attached hydrogen (secondary N) is 1. The van der Waals surface area contributed by atoms with Gasteiger partial charge < -0.3 is 20.1 Å². The number of aromatic hydroxyl groups is 1. The van der Waals surface area contributed by atoms with E-state index in [2.05, 4.69) is 11.9 Å². The molecule has 2 amide bonds. The Kier molecular flexibility index (Phi) is 5.86. The van der Waals surface area contributed by atoms with Crippen LogP contribution in [-0.2, 0) is 20.7 Å². The van der Waals surface area contributed by atoms with Crippen molar-refractivity contribution in [3.63, 3.8) is 0 Å². The molecule has 0 bridgehead atoms. The van der Waals surface area contributed by atoms with Crippen LogP contribution in [0.15, 0.2) is 55.1 Å². The maximum Gasteiger partial charge on any atom is 0.251 e. The Hall–Kier alpha value is -3.45. The molecule has 0 saturated carbocycles. The Balaban J connectivity index is 1.56. The summed E-state index contributed by atoms with van der Waals surface area (Å²) in [7, 11) is 0. The molecule has 2 saturated heterocycles. The summed E-state index contributed by atoms with van der Waals surface area (Å²) in [5, 5.41) is 12.4. The lowest BCUT2D eigenvalue weighted by Crippen LogP contribution is -2.53. The van der Waals surface area contributed by atoms with Crippen molar-refractivity contribution in [2.24, 2.45) is 0 Å². The number of ketones is 1. The highest BCUT2D eigenvalue weighted by Crippen LogP contribution is 2.28. The number of hydrogen-bond acceptors (Lipinski definition) is 5. The quantitative estimate of drug-likeness (QED) is 0.745. The predicted molar refractivity (Wildman–Crippen MR) is 114 cm³/mol. The van der Waals surface area contributed by atoms with Gasteiger partial charge in [0.25, 0.3) is 5.91 Å². The van der Waals surface area contributed by atoms with Crippen LogP contribution in [0.1, 0.15) is 27.9 Å². The molecule has 2 aliphatic rings. The average molecular weight is 420 g/mol. The smallest absolute Gasteiger partial charge is 0.251 e. The molecule has 2 heterocycles. The van der Waals surface area contributed by atoms with Crippen molar-refractivity contribution < 1.29 is 24.2 Å². The van der Waals surface area contributed by atoms with E-state index in [1.165, 1.54) is 17.0 Å². The van der Waals surface area contributed by atoms with E-state index in [0.717, 1.165) is 11.1 Å². The summed E-state index contributed by atoms with van der Waals surface area (Å²) in [6, 6.07) is 11.9. The van der Waals surface area contributed by atoms with Crippen LogP contribution in [0.2, 0.25) is 0 Å². The fourth-order valence-corrected chi connectivity index (χ4v) is 4.12. The zero-order valence-corrected chi connectivity index (χ0v) is 17.0. The fraction of sp³-hybridized carbons (Fsp3) is 0.292. The minimum Gasteiger partial charge on any atom is -0.508 e. The molecule has 7 nitrogen and oxygen atoms in total. The van der Waals surface area contributed by atoms with E-state index in [4.69, 9.17) is 4.74 Å². The zero-order valence-electron chi connectivity index (χ0n) is 17.0. The third-order valence-corrected chi connectivity index (χ3v) is 5.78. The van der Waals surface area contributed by atoms with Crippen LogP contribution in [0, 0.1) is 0 Å². The second-order valence-corrected chi connectivity index (χ2v) is 7.80. The highest BCUT2D eigenvalue weighted by molar-refractivity contribution is 5.99. The Bertz CT molecular complexity index is 1000. The number of hydrogen-bond donors (Lipinski definition) is 2. The summed E-state index contributed by atoms with van der Waals surface area (Å²) < 4.78 is 5.49. The van der Waals surface area contributed by atoms with Gasteiger partial charge in [0, 0.05) is 18.5 Å². The minimum absolute atomic E-state index is 0.0176. The maximum absolute atomic E-state index is 13.4. The van der Waals surface area contributed by atoms with Crippen LogP contribution in [-0.4, -0.2) is 58.9 Å². The topological polar surface area (TPSA) is 95.9 Å². The van der Waals surface area contributed by atoms with Crippen molar-refractivity contribution >= 4 is 23.7 Å². The maximum atomic E-state index is 13.4. The number of ether oxygens (including phenoxy) is 1. The number of fused-ring (bicyclic) bond motifs is 1. The molecule has 2 fully saturated rings. The van der Waals surface area contributed by atoms with Gasteiger partial charge in [-0.1, -0.05) is 36.9 Å². The van der Waals surface area contributed by atoms with Crippen LogP contribution in [0.4, 0.5) is 0 Å². The number of phenolic OH excluding ortho intramolecular Hbond substituents is 1. The fourth-order valence-electron chi connectivity index (χ4n) is 4.12. The number of phenols is 1. The molecule has 7 heteroatoms. The molecule has 31 heavy (non-hydrogen) atoms. The van der Waals surface area contributed by atoms with Crippen molar-refractivity contribution in [2.45, 2.75) is 31.0 Å². The molecule has 2 aromatic carbocycles. The van der Waals surface area contributed by atoms with Crippen LogP contribution in [0.5, 0.6) is 5.75 Å². The first-order valence-corrected chi connectivity index (χ1v) is 10.2. The molecular weight excluding hydrogens is 396 g/mol. The van der Waals surface area contributed by atoms with Crippen molar-refractivity contribution in [1.82, 2.24) is 10.2 Å². The van der Waals surface area contributed by atoms with E-state index in [1.54, 1.807) is 42.5 Å². The van der Waals surface area contributed by atoms with E-state index in [1.807, 2.05) is 0 Å². The van der Waals surface area contributed by atoms with Gasteiger partial charge in [-0.25, -0.2) is 0 Å². The van der Waals surface area contributed by atoms with Crippen LogP contribution < -0.4 is 5.32 Å². The summed E-state index contributed by atoms with van der Waals surface area (Å²) in [5.41, 5.74) is 2.09. The normalized spacial score (nSPS) is 20.9. The SMILES string of the molecule is C=Cc1ccc(C(=O)NC(Cc2ccc(O)cc2)C(=O)N2CCC3OCC(=O)C32)cc1. The van der Waals surface area contributed by atoms with Gasteiger partial charge >= 0.3 is 0 Å². The Morgan fingerprint density at radius 1 is 1.19 bits per heavy atom. The molecule has 0 radical (unpaired) electrons. The molecule has 160 valence electrons. The molecule has 2 N–H and O–H groups in total. The Labute approximate surface area is 180 Å². The third kappa shape index (κ3) is 4.36. The van der Waals surface area contributed by atoms with Crippen LogP contribution in [0.3, 0.4) is 0 Å². The van der Waals surface area contributed by atoms with Gasteiger partial charge in [0.15, 0.2) is 5.78 Å². The van der Waals surface area contributed by atoms with Gasteiger partial charge in [-0.2, -0.15) is 0 Å². The van der Waals surface area contributed by atoms with E-state index in [9.17, 15) is 19.5 Å². The van der Waals surface area contributed by atoms with Gasteiger partial charge in [-0.05, 0) is 41.8 Å². The second-order valence-electron chi connectivity index (χ2n) is 7.80. The number of rotatable bonds is 6. The number of carbonyl (C=O) groups is 3. The third-order valence-electron chi connectivity index (χ3n) is 5.78. The Morgan fingerprint density at radius 3 is 2.58 bits per heavy atom. The molecule has 0 aliphatic carbocycles. The number of benzene rings is 2. The van der Waals surface area contributed by atoms with Crippen LogP contribution in [0.25, 0.3) is 6.08 Å². The molecular formula is C24H24N2O5. The summed E-state index contributed by atoms with van der Waals surface area (Å²) in [6.07, 6.45) is 2.25. The zero-order chi connectivity index (χ0) is 22.0. The summed E-state index contributed by atoms with van der Waals surface area (Å²) in [5.74, 6) is -0.674. The average Bonchev–Trinajstić information content (AvgIpc) is 3.37. The van der Waals surface area contributed by atoms with E-state index >= 15 is 0 Å². The highest BCUT2D eigenvalue weighted by atomic mass is 16.5. The van der Waals surface area contributed by atoms with Crippen molar-refractivity contribution in [3.8, 4) is 5.75 Å². The molecule has 3 atom stereocenters. The van der Waals surface area contributed by atoms with Gasteiger partial charge in [-0.15, -0.1) is 0 Å². The van der Waals surface area contributed by atoms with Crippen molar-refractivity contribution in [2.75, 3.05) is 13.2 Å². The van der Waals surface area contributed by atoms with Gasteiger partial charge in [0.2, 0.25) is 5.91 Å². The molecule has 0 spiro atoms. The van der Waals surface area contributed by atoms with Gasteiger partial charge in [0.1, 0.15) is 24.4 Å². The Morgan fingerprint density at radius 2 is 1.90 bits per heavy atom. The molecule has 0 aromatic heterocycles. The summed E-state index contributed by atoms with van der Waals surface area (Å²) >= 11 is 0. The first-order chi connectivity index (χ1) is 15.0. The summed E-state index contributed by atoms with van der Waals surface area (Å²) in [4.78, 5) is 40.1. The lowest BCUT2D eigenvalue weighted by atomic mass is 10.0. The lowest BCUT2D eigenvalue weighted by Gasteiger charge is -2.27. The monoisotopic (exact) mass is 420 g/mol. The second kappa shape index (κ2) is 8.73. The largest absolute Gasteiger partial charge is 0.508 e. The van der Waals surface area contributed by atoms with Crippen molar-refractivity contribution in [3.05, 3.63) is 71.8 Å². The number of nitrogens with zero attached hydrogens (tertiary/aromatic N) is 1. The van der Waals surface area contributed by atoms with Crippen molar-refractivity contribution in [1.29, 1.82) is 0 Å². The molecule has 4 rings (SSSR count). The van der Waals surface area contributed by atoms with E-state index in [-0.39, 0.29) is 42.5 Å².